The lowest BCUT2D eigenvalue weighted by Gasteiger charge is -2.35. The summed E-state index contributed by atoms with van der Waals surface area (Å²) in [5.41, 5.74) is 2.65. The summed E-state index contributed by atoms with van der Waals surface area (Å²) in [6.07, 6.45) is 0. The van der Waals surface area contributed by atoms with Crippen molar-refractivity contribution in [3.63, 3.8) is 0 Å². The molecule has 1 aliphatic heterocycles. The Labute approximate surface area is 181 Å². The second-order valence-electron chi connectivity index (χ2n) is 7.42. The third kappa shape index (κ3) is 4.60. The van der Waals surface area contributed by atoms with Crippen molar-refractivity contribution in [2.75, 3.05) is 43.0 Å². The molecule has 0 saturated carbocycles. The highest BCUT2D eigenvalue weighted by Crippen LogP contribution is 2.24. The number of aromatic nitrogens is 4. The van der Waals surface area contributed by atoms with E-state index >= 15 is 0 Å². The molecule has 4 rings (SSSR count). The van der Waals surface area contributed by atoms with Crippen molar-refractivity contribution < 1.29 is 9.53 Å². The van der Waals surface area contributed by atoms with Gasteiger partial charge in [0.15, 0.2) is 11.6 Å². The Bertz CT molecular complexity index is 1040. The van der Waals surface area contributed by atoms with Gasteiger partial charge in [0.1, 0.15) is 5.75 Å². The molecule has 9 heteroatoms. The molecule has 3 aromatic rings. The quantitative estimate of drug-likeness (QED) is 0.681. The van der Waals surface area contributed by atoms with Crippen LogP contribution in [0.15, 0.2) is 42.5 Å². The van der Waals surface area contributed by atoms with Crippen LogP contribution in [0.3, 0.4) is 0 Å². The number of para-hydroxylation sites is 2. The van der Waals surface area contributed by atoms with Crippen molar-refractivity contribution in [1.82, 2.24) is 24.9 Å². The van der Waals surface area contributed by atoms with Crippen LogP contribution in [0.4, 0.5) is 16.3 Å². The fraction of sp³-hybridized carbons (Fsp3) is 0.364. The van der Waals surface area contributed by atoms with Crippen LogP contribution >= 0.6 is 0 Å². The van der Waals surface area contributed by atoms with Gasteiger partial charge in [0, 0.05) is 31.9 Å². The number of piperazine rings is 1. The number of ether oxygens (including phenoxy) is 1. The van der Waals surface area contributed by atoms with Crippen LogP contribution in [0, 0.1) is 13.8 Å². The van der Waals surface area contributed by atoms with E-state index in [0.29, 0.717) is 50.0 Å². The van der Waals surface area contributed by atoms with Gasteiger partial charge < -0.3 is 19.9 Å². The molecule has 0 aliphatic carbocycles. The predicted molar refractivity (Wildman–Crippen MR) is 119 cm³/mol. The van der Waals surface area contributed by atoms with Crippen molar-refractivity contribution in [2.45, 2.75) is 20.8 Å². The second kappa shape index (κ2) is 9.03. The first-order chi connectivity index (χ1) is 15.0. The van der Waals surface area contributed by atoms with Gasteiger partial charge in [0.2, 0.25) is 0 Å². The van der Waals surface area contributed by atoms with E-state index in [1.165, 1.54) is 0 Å². The summed E-state index contributed by atoms with van der Waals surface area (Å²) in [5.74, 6) is 2.17. The number of hydrogen-bond donors (Lipinski definition) is 1. The van der Waals surface area contributed by atoms with Crippen molar-refractivity contribution >= 4 is 17.5 Å². The number of amides is 2. The molecule has 1 aromatic carbocycles. The van der Waals surface area contributed by atoms with Crippen molar-refractivity contribution in [2.24, 2.45) is 0 Å². The molecule has 0 atom stereocenters. The van der Waals surface area contributed by atoms with Crippen LogP contribution in [0.2, 0.25) is 0 Å². The maximum Gasteiger partial charge on any atom is 0.322 e. The van der Waals surface area contributed by atoms with Crippen LogP contribution in [-0.2, 0) is 0 Å². The molecule has 31 heavy (non-hydrogen) atoms. The fourth-order valence-corrected chi connectivity index (χ4v) is 3.64. The standard InChI is InChI=1S/C22H27N7O2/c1-4-31-19-8-6-5-7-18(19)23-22(30)28-13-11-27(12-14-28)20-9-10-21(25-24-20)29-17(3)15-16(2)26-29/h5-10,15H,4,11-14H2,1-3H3,(H,23,30). The molecule has 1 fully saturated rings. The molecular weight excluding hydrogens is 394 g/mol. The molecule has 0 spiro atoms. The van der Waals surface area contributed by atoms with E-state index in [1.807, 2.05) is 63.2 Å². The minimum atomic E-state index is -0.127. The molecule has 9 nitrogen and oxygen atoms in total. The largest absolute Gasteiger partial charge is 0.492 e. The van der Waals surface area contributed by atoms with Gasteiger partial charge in [-0.1, -0.05) is 12.1 Å². The van der Waals surface area contributed by atoms with Gasteiger partial charge in [-0.2, -0.15) is 5.10 Å². The normalized spacial score (nSPS) is 13.9. The molecular formula is C22H27N7O2. The van der Waals surface area contributed by atoms with Crippen molar-refractivity contribution in [3.8, 4) is 11.6 Å². The summed E-state index contributed by atoms with van der Waals surface area (Å²) in [4.78, 5) is 16.6. The zero-order valence-electron chi connectivity index (χ0n) is 18.1. The second-order valence-corrected chi connectivity index (χ2v) is 7.42. The average molecular weight is 422 g/mol. The van der Waals surface area contributed by atoms with Crippen LogP contribution in [0.1, 0.15) is 18.3 Å². The van der Waals surface area contributed by atoms with Gasteiger partial charge >= 0.3 is 6.03 Å². The van der Waals surface area contributed by atoms with Crippen LogP contribution in [0.25, 0.3) is 5.82 Å². The highest BCUT2D eigenvalue weighted by molar-refractivity contribution is 5.91. The van der Waals surface area contributed by atoms with Gasteiger partial charge in [-0.3, -0.25) is 0 Å². The first-order valence-corrected chi connectivity index (χ1v) is 10.4. The number of carbonyl (C=O) groups excluding carboxylic acids is 1. The fourth-order valence-electron chi connectivity index (χ4n) is 3.64. The number of anilines is 2. The topological polar surface area (TPSA) is 88.4 Å². The highest BCUT2D eigenvalue weighted by atomic mass is 16.5. The molecule has 1 aliphatic rings. The Morgan fingerprint density at radius 3 is 2.39 bits per heavy atom. The molecule has 162 valence electrons. The van der Waals surface area contributed by atoms with E-state index < -0.39 is 0 Å². The van der Waals surface area contributed by atoms with Crippen LogP contribution in [0.5, 0.6) is 5.75 Å². The molecule has 2 amide bonds. The SMILES string of the molecule is CCOc1ccccc1NC(=O)N1CCN(c2ccc(-n3nc(C)cc3C)nn2)CC1. The van der Waals surface area contributed by atoms with Gasteiger partial charge in [0.25, 0.3) is 0 Å². The van der Waals surface area contributed by atoms with E-state index in [2.05, 4.69) is 25.5 Å². The van der Waals surface area contributed by atoms with E-state index in [0.717, 1.165) is 17.2 Å². The van der Waals surface area contributed by atoms with Crippen molar-refractivity contribution in [1.29, 1.82) is 0 Å². The zero-order chi connectivity index (χ0) is 21.8. The Balaban J connectivity index is 1.35. The number of nitrogens with one attached hydrogen (secondary N) is 1. The van der Waals surface area contributed by atoms with Crippen LogP contribution < -0.4 is 15.0 Å². The number of hydrogen-bond acceptors (Lipinski definition) is 6. The summed E-state index contributed by atoms with van der Waals surface area (Å²) in [7, 11) is 0. The smallest absolute Gasteiger partial charge is 0.322 e. The molecule has 0 bridgehead atoms. The zero-order valence-corrected chi connectivity index (χ0v) is 18.1. The number of carbonyl (C=O) groups is 1. The first-order valence-electron chi connectivity index (χ1n) is 10.4. The average Bonchev–Trinajstić information content (AvgIpc) is 3.13. The Morgan fingerprint density at radius 1 is 1.03 bits per heavy atom. The number of urea groups is 1. The van der Waals surface area contributed by atoms with Gasteiger partial charge in [-0.25, -0.2) is 9.48 Å². The Kier molecular flexibility index (Phi) is 6.01. The van der Waals surface area contributed by atoms with E-state index in [1.54, 1.807) is 9.58 Å². The third-order valence-corrected chi connectivity index (χ3v) is 5.18. The molecule has 2 aromatic heterocycles. The minimum absolute atomic E-state index is 0.127. The van der Waals surface area contributed by atoms with Crippen molar-refractivity contribution in [3.05, 3.63) is 53.9 Å². The lowest BCUT2D eigenvalue weighted by atomic mass is 10.3. The van der Waals surface area contributed by atoms with E-state index in [4.69, 9.17) is 4.74 Å². The first kappa shape index (κ1) is 20.6. The Morgan fingerprint density at radius 2 is 1.74 bits per heavy atom. The van der Waals surface area contributed by atoms with Gasteiger partial charge in [-0.15, -0.1) is 10.2 Å². The summed E-state index contributed by atoms with van der Waals surface area (Å²) in [6, 6.07) is 13.2. The van der Waals surface area contributed by atoms with Crippen LogP contribution in [-0.4, -0.2) is 63.7 Å². The number of aryl methyl sites for hydroxylation is 2. The third-order valence-electron chi connectivity index (χ3n) is 5.18. The lowest BCUT2D eigenvalue weighted by Crippen LogP contribution is -2.50. The molecule has 0 unspecified atom stereocenters. The molecule has 0 radical (unpaired) electrons. The predicted octanol–water partition coefficient (Wildman–Crippen LogP) is 3.03. The monoisotopic (exact) mass is 421 g/mol. The van der Waals surface area contributed by atoms with E-state index in [-0.39, 0.29) is 6.03 Å². The summed E-state index contributed by atoms with van der Waals surface area (Å²) < 4.78 is 7.37. The van der Waals surface area contributed by atoms with Gasteiger partial charge in [0.05, 0.1) is 18.0 Å². The summed E-state index contributed by atoms with van der Waals surface area (Å²) in [5, 5.41) is 16.1. The van der Waals surface area contributed by atoms with Gasteiger partial charge in [-0.05, 0) is 51.1 Å². The lowest BCUT2D eigenvalue weighted by molar-refractivity contribution is 0.208. The number of rotatable bonds is 5. The molecule has 3 heterocycles. The number of benzene rings is 1. The maximum absolute atomic E-state index is 12.7. The summed E-state index contributed by atoms with van der Waals surface area (Å²) >= 11 is 0. The number of nitrogens with zero attached hydrogens (tertiary/aromatic N) is 6. The minimum Gasteiger partial charge on any atom is -0.492 e. The molecule has 1 N–H and O–H groups in total. The maximum atomic E-state index is 12.7. The summed E-state index contributed by atoms with van der Waals surface area (Å²) in [6.45, 7) is 8.99. The van der Waals surface area contributed by atoms with E-state index in [9.17, 15) is 4.79 Å². The Hall–Kier alpha value is -3.62. The highest BCUT2D eigenvalue weighted by Gasteiger charge is 2.23. The molecule has 1 saturated heterocycles.